The van der Waals surface area contributed by atoms with Gasteiger partial charge in [-0.3, -0.25) is 4.55 Å². The summed E-state index contributed by atoms with van der Waals surface area (Å²) in [5.41, 5.74) is 2.57. The fraction of sp³-hybridized carbons (Fsp3) is 0.129. The third kappa shape index (κ3) is 10.6. The maximum absolute atomic E-state index is 11.5. The van der Waals surface area contributed by atoms with E-state index in [0.29, 0.717) is 44.8 Å². The highest BCUT2D eigenvalue weighted by Crippen LogP contribution is 2.35. The minimum atomic E-state index is -4.40. The fourth-order valence-corrected chi connectivity index (χ4v) is 5.19. The number of hydrogen-bond acceptors (Lipinski definition) is 19. The molecule has 19 nitrogen and oxygen atoms in total. The van der Waals surface area contributed by atoms with E-state index >= 15 is 0 Å². The average molecular weight is 751 g/mol. The molecule has 4 aromatic carbocycles. The van der Waals surface area contributed by atoms with Crippen LogP contribution in [0.15, 0.2) is 115 Å². The molecule has 0 saturated heterocycles. The van der Waals surface area contributed by atoms with Crippen molar-refractivity contribution in [2.45, 2.75) is 9.79 Å². The number of aromatic nitrogens is 3. The van der Waals surface area contributed by atoms with Crippen LogP contribution >= 0.6 is 12.0 Å². The molecule has 5 rings (SSSR count). The molecule has 0 aliphatic heterocycles. The molecule has 1 aromatic heterocycles. The maximum Gasteiger partial charge on any atom is 0.294 e. The van der Waals surface area contributed by atoms with Crippen LogP contribution in [-0.2, 0) is 19.5 Å². The molecule has 1 heterocycles. The van der Waals surface area contributed by atoms with Crippen molar-refractivity contribution in [1.29, 1.82) is 0 Å². The Morgan fingerprint density at radius 2 is 1.23 bits per heavy atom. The summed E-state index contributed by atoms with van der Waals surface area (Å²) in [6.07, 6.45) is 0. The third-order valence-corrected chi connectivity index (χ3v) is 7.97. The van der Waals surface area contributed by atoms with Crippen molar-refractivity contribution in [3.05, 3.63) is 84.9 Å². The van der Waals surface area contributed by atoms with Crippen molar-refractivity contribution < 1.29 is 42.2 Å². The second kappa shape index (κ2) is 17.9. The first kappa shape index (κ1) is 37.4. The highest BCUT2D eigenvalue weighted by Gasteiger charge is 2.14. The number of methoxy groups -OCH3 is 2. The number of nitrogens with zero attached hydrogens (tertiary/aromatic N) is 7. The van der Waals surface area contributed by atoms with Crippen LogP contribution < -0.4 is 25.4 Å². The number of hydrogen-bond donors (Lipinski definition) is 6. The number of rotatable bonds is 17. The van der Waals surface area contributed by atoms with Crippen LogP contribution in [0.5, 0.6) is 11.5 Å². The second-order valence-corrected chi connectivity index (χ2v) is 12.3. The highest BCUT2D eigenvalue weighted by molar-refractivity contribution is 7.94. The number of benzene rings is 4. The van der Waals surface area contributed by atoms with Crippen LogP contribution in [0.2, 0.25) is 0 Å². The van der Waals surface area contributed by atoms with E-state index in [1.54, 1.807) is 60.7 Å². The van der Waals surface area contributed by atoms with Crippen LogP contribution in [0.3, 0.4) is 0 Å². The molecule has 0 atom stereocenters. The van der Waals surface area contributed by atoms with Crippen LogP contribution in [0.1, 0.15) is 0 Å². The summed E-state index contributed by atoms with van der Waals surface area (Å²) in [5, 5.41) is 47.2. The van der Waals surface area contributed by atoms with Crippen molar-refractivity contribution in [3.63, 3.8) is 0 Å². The molecule has 0 saturated carbocycles. The van der Waals surface area contributed by atoms with Crippen molar-refractivity contribution in [3.8, 4) is 11.5 Å². The summed E-state index contributed by atoms with van der Waals surface area (Å²) in [5.74, 6) is 1.17. The Balaban J connectivity index is 1.35. The van der Waals surface area contributed by atoms with Crippen LogP contribution in [0.4, 0.5) is 52.0 Å². The van der Waals surface area contributed by atoms with E-state index in [0.717, 1.165) is 12.0 Å². The zero-order valence-corrected chi connectivity index (χ0v) is 28.9. The molecule has 0 bridgehead atoms. The van der Waals surface area contributed by atoms with Crippen molar-refractivity contribution in [1.82, 2.24) is 15.0 Å². The number of ether oxygens (including phenoxy) is 2. The molecular weight excluding hydrogens is 721 g/mol. The summed E-state index contributed by atoms with van der Waals surface area (Å²) in [6, 6.07) is 22.2. The van der Waals surface area contributed by atoms with Crippen LogP contribution in [0, 0.1) is 0 Å². The first-order valence-corrected chi connectivity index (χ1v) is 17.0. The number of azo groups is 2. The lowest BCUT2D eigenvalue weighted by Crippen LogP contribution is -2.12. The van der Waals surface area contributed by atoms with E-state index in [2.05, 4.69) is 60.7 Å². The van der Waals surface area contributed by atoms with Gasteiger partial charge in [0.05, 0.1) is 71.9 Å². The molecule has 0 radical (unpaired) electrons. The number of anilines is 5. The lowest BCUT2D eigenvalue weighted by Gasteiger charge is -2.14. The fourth-order valence-electron chi connectivity index (χ4n) is 4.26. The van der Waals surface area contributed by atoms with Gasteiger partial charge in [0.25, 0.3) is 10.1 Å². The third-order valence-electron chi connectivity index (χ3n) is 6.55. The number of aliphatic hydroxyl groups is 1. The molecular formula is C31H30N10O9S2. The Bertz CT molecular complexity index is 2180. The van der Waals surface area contributed by atoms with Gasteiger partial charge in [-0.1, -0.05) is 17.2 Å². The van der Waals surface area contributed by atoms with Crippen LogP contribution in [0.25, 0.3) is 0 Å². The zero-order valence-electron chi connectivity index (χ0n) is 27.2. The zero-order chi connectivity index (χ0) is 36.9. The first-order chi connectivity index (χ1) is 25.2. The molecule has 0 aliphatic rings. The summed E-state index contributed by atoms with van der Waals surface area (Å²) in [7, 11) is -1.44. The Morgan fingerprint density at radius 1 is 0.712 bits per heavy atom. The molecule has 6 N–H and O–H groups in total. The maximum atomic E-state index is 11.5. The van der Waals surface area contributed by atoms with E-state index in [1.165, 1.54) is 38.5 Å². The average Bonchev–Trinajstić information content (AvgIpc) is 3.15. The van der Waals surface area contributed by atoms with Crippen molar-refractivity contribution in [2.75, 3.05) is 43.3 Å². The van der Waals surface area contributed by atoms with Gasteiger partial charge < -0.3 is 30.5 Å². The molecule has 0 aliphatic carbocycles. The molecule has 0 amide bonds. The van der Waals surface area contributed by atoms with Gasteiger partial charge in [-0.2, -0.15) is 43.8 Å². The normalized spacial score (nSPS) is 11.6. The van der Waals surface area contributed by atoms with Gasteiger partial charge in [0.15, 0.2) is 0 Å². The molecule has 0 unspecified atom stereocenters. The van der Waals surface area contributed by atoms with Gasteiger partial charge in [-0.25, -0.2) is 5.26 Å². The van der Waals surface area contributed by atoms with E-state index < -0.39 is 10.1 Å². The predicted molar refractivity (Wildman–Crippen MR) is 190 cm³/mol. The Morgan fingerprint density at radius 3 is 1.75 bits per heavy atom. The number of nitrogens with one attached hydrogen (secondary N) is 3. The van der Waals surface area contributed by atoms with E-state index in [-0.39, 0.29) is 41.6 Å². The summed E-state index contributed by atoms with van der Waals surface area (Å²) in [6.45, 7) is 0.00485. The lowest BCUT2D eigenvalue weighted by atomic mass is 10.2. The predicted octanol–water partition coefficient (Wildman–Crippen LogP) is 7.29. The Labute approximate surface area is 300 Å². The summed E-state index contributed by atoms with van der Waals surface area (Å²) in [4.78, 5) is 13.6. The minimum absolute atomic E-state index is 0.119. The Kier molecular flexibility index (Phi) is 12.9. The van der Waals surface area contributed by atoms with Gasteiger partial charge in [-0.15, -0.1) is 4.33 Å². The standard InChI is InChI=1S/C31H30N10O9S2/c1-47-27-17-21(40-38-19-5-3-7-23(15-19)51-50-49-43)9-11-25(27)33-30-35-29(32-13-14-42)36-31(37-30)34-26-12-10-22(18-28(26)48-2)41-39-20-6-4-8-24(16-20)52(44,45)46/h3-12,15-18,42-43H,13-14H2,1-2H3,(H,44,45,46)(H3,32,33,34,35,36,37). The molecule has 0 fully saturated rings. The van der Waals surface area contributed by atoms with Gasteiger partial charge in [-0.05, 0) is 60.7 Å². The van der Waals surface area contributed by atoms with Gasteiger partial charge in [0.2, 0.25) is 17.8 Å². The minimum Gasteiger partial charge on any atom is -0.494 e. The molecule has 21 heteroatoms. The van der Waals surface area contributed by atoms with E-state index in [4.69, 9.17) is 14.7 Å². The SMILES string of the molecule is COc1cc(N=Nc2cccc(SOOO)c2)ccc1Nc1nc(NCCO)nc(Nc2ccc(N=Nc3cccc(S(=O)(=O)O)c3)cc2OC)n1. The largest absolute Gasteiger partial charge is 0.494 e. The summed E-state index contributed by atoms with van der Waals surface area (Å²) >= 11 is 0.802. The van der Waals surface area contributed by atoms with Crippen molar-refractivity contribution >= 4 is 74.1 Å². The monoisotopic (exact) mass is 750 g/mol. The van der Waals surface area contributed by atoms with Gasteiger partial charge >= 0.3 is 0 Å². The lowest BCUT2D eigenvalue weighted by molar-refractivity contribution is -0.432. The van der Waals surface area contributed by atoms with E-state index in [9.17, 15) is 18.1 Å². The molecule has 270 valence electrons. The quantitative estimate of drug-likeness (QED) is 0.0179. The highest BCUT2D eigenvalue weighted by atomic mass is 32.2. The van der Waals surface area contributed by atoms with E-state index in [1.807, 2.05) is 0 Å². The van der Waals surface area contributed by atoms with Gasteiger partial charge in [0.1, 0.15) is 11.5 Å². The topological polar surface area (TPSA) is 256 Å². The molecule has 5 aromatic rings. The molecule has 0 spiro atoms. The summed E-state index contributed by atoms with van der Waals surface area (Å²) < 4.78 is 47.8. The van der Waals surface area contributed by atoms with Crippen molar-refractivity contribution in [2.24, 2.45) is 20.5 Å². The number of aliphatic hydroxyl groups excluding tert-OH is 1. The van der Waals surface area contributed by atoms with Gasteiger partial charge in [0, 0.05) is 23.6 Å². The second-order valence-electron chi connectivity index (χ2n) is 10.1. The molecule has 52 heavy (non-hydrogen) atoms. The Hall–Kier alpha value is -5.81. The van der Waals surface area contributed by atoms with Crippen LogP contribution in [-0.4, -0.2) is 65.7 Å². The first-order valence-electron chi connectivity index (χ1n) is 14.8. The smallest absolute Gasteiger partial charge is 0.294 e.